The molecule has 0 spiro atoms. The normalized spacial score (nSPS) is 14.9. The highest BCUT2D eigenvalue weighted by molar-refractivity contribution is 8.00. The van der Waals surface area contributed by atoms with Crippen LogP contribution in [0, 0.1) is 13.8 Å². The van der Waals surface area contributed by atoms with Crippen LogP contribution in [-0.2, 0) is 0 Å². The summed E-state index contributed by atoms with van der Waals surface area (Å²) in [6, 6.07) is 10.2. The fourth-order valence-electron chi connectivity index (χ4n) is 3.06. The van der Waals surface area contributed by atoms with E-state index in [-0.39, 0.29) is 11.0 Å². The van der Waals surface area contributed by atoms with Crippen LogP contribution < -0.4 is 0 Å². The topological polar surface area (TPSA) is 60.7 Å². The zero-order chi connectivity index (χ0) is 19.0. The fraction of sp³-hybridized carbons (Fsp3) is 0.333. The van der Waals surface area contributed by atoms with Crippen LogP contribution in [0.25, 0.3) is 11.4 Å². The van der Waals surface area contributed by atoms with Crippen molar-refractivity contribution in [1.82, 2.24) is 19.7 Å². The molecule has 0 radical (unpaired) electrons. The third-order valence-corrected chi connectivity index (χ3v) is 6.01. The summed E-state index contributed by atoms with van der Waals surface area (Å²) in [6.45, 7) is 6.04. The zero-order valence-corrected chi connectivity index (χ0v) is 16.5. The number of thioether (sulfide) groups is 1. The Bertz CT molecular complexity index is 979. The molecule has 4 rings (SSSR count). The number of aromatic nitrogens is 4. The number of pyridine rings is 1. The number of ketones is 1. The number of rotatable bonds is 6. The minimum Gasteiger partial charge on any atom is -0.299 e. The Hall–Kier alpha value is -2.47. The molecular formula is C21H22N4OS. The van der Waals surface area contributed by atoms with Gasteiger partial charge < -0.3 is 0 Å². The molecule has 1 aliphatic carbocycles. The first kappa shape index (κ1) is 17.9. The van der Waals surface area contributed by atoms with Crippen LogP contribution in [0.5, 0.6) is 0 Å². The number of nitrogens with zero attached hydrogens (tertiary/aromatic N) is 4. The van der Waals surface area contributed by atoms with Crippen molar-refractivity contribution in [2.75, 3.05) is 0 Å². The van der Waals surface area contributed by atoms with Crippen LogP contribution in [0.2, 0.25) is 0 Å². The molecule has 1 saturated carbocycles. The molecule has 3 aromatic rings. The number of hydrogen-bond acceptors (Lipinski definition) is 5. The van der Waals surface area contributed by atoms with Gasteiger partial charge in [-0.05, 0) is 62.9 Å². The highest BCUT2D eigenvalue weighted by atomic mass is 32.2. The van der Waals surface area contributed by atoms with Gasteiger partial charge in [-0.2, -0.15) is 0 Å². The van der Waals surface area contributed by atoms with Crippen molar-refractivity contribution >= 4 is 17.5 Å². The minimum atomic E-state index is -0.223. The number of carbonyl (C=O) groups excluding carboxylic acids is 1. The van der Waals surface area contributed by atoms with Gasteiger partial charge in [0.2, 0.25) is 0 Å². The average molecular weight is 379 g/mol. The van der Waals surface area contributed by atoms with Crippen molar-refractivity contribution in [1.29, 1.82) is 0 Å². The second-order valence-corrected chi connectivity index (χ2v) is 8.37. The van der Waals surface area contributed by atoms with Gasteiger partial charge in [0, 0.05) is 29.6 Å². The fourth-order valence-corrected chi connectivity index (χ4v) is 4.05. The number of hydrogen-bond donors (Lipinski definition) is 0. The van der Waals surface area contributed by atoms with E-state index in [2.05, 4.69) is 26.7 Å². The molecule has 0 N–H and O–H groups in total. The van der Waals surface area contributed by atoms with E-state index in [1.54, 1.807) is 12.4 Å². The molecule has 1 atom stereocenters. The molecule has 0 unspecified atom stereocenters. The first-order valence-corrected chi connectivity index (χ1v) is 10.1. The summed E-state index contributed by atoms with van der Waals surface area (Å²) in [5, 5.41) is 9.41. The predicted molar refractivity (Wildman–Crippen MR) is 107 cm³/mol. The van der Waals surface area contributed by atoms with Gasteiger partial charge in [-0.15, -0.1) is 10.2 Å². The molecule has 0 saturated heterocycles. The first-order valence-electron chi connectivity index (χ1n) is 9.18. The monoisotopic (exact) mass is 378 g/mol. The van der Waals surface area contributed by atoms with Crippen molar-refractivity contribution in [2.24, 2.45) is 0 Å². The van der Waals surface area contributed by atoms with E-state index in [1.807, 2.05) is 44.2 Å². The molecule has 1 aromatic carbocycles. The lowest BCUT2D eigenvalue weighted by Crippen LogP contribution is -2.15. The quantitative estimate of drug-likeness (QED) is 0.461. The lowest BCUT2D eigenvalue weighted by atomic mass is 10.0. The SMILES string of the molecule is Cc1ccc(C(=O)[C@@H](C)Sc2nnc(-c3ccncc3)n2C2CC2)cc1C. The van der Waals surface area contributed by atoms with Crippen LogP contribution in [0.3, 0.4) is 0 Å². The van der Waals surface area contributed by atoms with Crippen LogP contribution in [0.1, 0.15) is 47.3 Å². The van der Waals surface area contributed by atoms with Gasteiger partial charge in [0.15, 0.2) is 16.8 Å². The second-order valence-electron chi connectivity index (χ2n) is 7.07. The molecular weight excluding hydrogens is 356 g/mol. The maximum absolute atomic E-state index is 12.9. The van der Waals surface area contributed by atoms with E-state index < -0.39 is 0 Å². The van der Waals surface area contributed by atoms with E-state index in [0.29, 0.717) is 6.04 Å². The number of carbonyl (C=O) groups is 1. The molecule has 27 heavy (non-hydrogen) atoms. The summed E-state index contributed by atoms with van der Waals surface area (Å²) in [6.07, 6.45) is 5.78. The maximum atomic E-state index is 12.9. The Labute approximate surface area is 163 Å². The maximum Gasteiger partial charge on any atom is 0.192 e. The summed E-state index contributed by atoms with van der Waals surface area (Å²) < 4.78 is 2.18. The number of benzene rings is 1. The van der Waals surface area contributed by atoms with Gasteiger partial charge in [0.1, 0.15) is 0 Å². The Morgan fingerprint density at radius 3 is 2.52 bits per heavy atom. The summed E-state index contributed by atoms with van der Waals surface area (Å²) in [5.41, 5.74) is 4.09. The van der Waals surface area contributed by atoms with Gasteiger partial charge in [-0.3, -0.25) is 14.3 Å². The highest BCUT2D eigenvalue weighted by Crippen LogP contribution is 2.41. The molecule has 1 fully saturated rings. The molecule has 0 bridgehead atoms. The van der Waals surface area contributed by atoms with Crippen molar-refractivity contribution in [3.8, 4) is 11.4 Å². The second kappa shape index (κ2) is 7.27. The Morgan fingerprint density at radius 2 is 1.85 bits per heavy atom. The van der Waals surface area contributed by atoms with Crippen LogP contribution in [0.4, 0.5) is 0 Å². The third-order valence-electron chi connectivity index (χ3n) is 4.96. The van der Waals surface area contributed by atoms with Gasteiger partial charge in [0.05, 0.1) is 5.25 Å². The van der Waals surface area contributed by atoms with Gasteiger partial charge in [-0.1, -0.05) is 23.9 Å². The van der Waals surface area contributed by atoms with Crippen LogP contribution in [-0.4, -0.2) is 30.8 Å². The van der Waals surface area contributed by atoms with E-state index in [4.69, 9.17) is 0 Å². The van der Waals surface area contributed by atoms with Crippen molar-refractivity contribution < 1.29 is 4.79 Å². The molecule has 0 amide bonds. The molecule has 0 aliphatic heterocycles. The van der Waals surface area contributed by atoms with Gasteiger partial charge in [-0.25, -0.2) is 0 Å². The smallest absolute Gasteiger partial charge is 0.192 e. The Balaban J connectivity index is 1.60. The standard InChI is InChI=1S/C21H22N4OS/c1-13-4-5-17(12-14(13)2)19(26)15(3)27-21-24-23-20(25(21)18-6-7-18)16-8-10-22-11-9-16/h4-5,8-12,15,18H,6-7H2,1-3H3/t15-/m1/s1. The van der Waals surface area contributed by atoms with E-state index >= 15 is 0 Å². The number of Topliss-reactive ketones (excluding diaryl/α,β-unsaturated/α-hetero) is 1. The van der Waals surface area contributed by atoms with E-state index in [0.717, 1.165) is 40.5 Å². The summed E-state index contributed by atoms with van der Waals surface area (Å²) in [7, 11) is 0. The number of aryl methyl sites for hydroxylation is 2. The molecule has 2 heterocycles. The van der Waals surface area contributed by atoms with Gasteiger partial charge >= 0.3 is 0 Å². The molecule has 2 aromatic heterocycles. The molecule has 5 nitrogen and oxygen atoms in total. The Kier molecular flexibility index (Phi) is 4.83. The Morgan fingerprint density at radius 1 is 1.11 bits per heavy atom. The lowest BCUT2D eigenvalue weighted by Gasteiger charge is -2.13. The first-order chi connectivity index (χ1) is 13.0. The summed E-state index contributed by atoms with van der Waals surface area (Å²) in [5.74, 6) is 0.979. The van der Waals surface area contributed by atoms with Crippen molar-refractivity contribution in [2.45, 2.75) is 50.1 Å². The van der Waals surface area contributed by atoms with E-state index in [1.165, 1.54) is 17.3 Å². The minimum absolute atomic E-state index is 0.124. The molecule has 1 aliphatic rings. The average Bonchev–Trinajstić information content (AvgIpc) is 3.44. The molecule has 138 valence electrons. The summed E-state index contributed by atoms with van der Waals surface area (Å²) in [4.78, 5) is 17.0. The largest absolute Gasteiger partial charge is 0.299 e. The zero-order valence-electron chi connectivity index (χ0n) is 15.7. The van der Waals surface area contributed by atoms with Crippen molar-refractivity contribution in [3.05, 3.63) is 59.4 Å². The van der Waals surface area contributed by atoms with Crippen LogP contribution >= 0.6 is 11.8 Å². The highest BCUT2D eigenvalue weighted by Gasteiger charge is 2.31. The van der Waals surface area contributed by atoms with E-state index in [9.17, 15) is 4.79 Å². The van der Waals surface area contributed by atoms with Crippen molar-refractivity contribution in [3.63, 3.8) is 0 Å². The predicted octanol–water partition coefficient (Wildman–Crippen LogP) is 4.66. The van der Waals surface area contributed by atoms with Crippen LogP contribution in [0.15, 0.2) is 47.9 Å². The van der Waals surface area contributed by atoms with Gasteiger partial charge in [0.25, 0.3) is 0 Å². The third kappa shape index (κ3) is 3.67. The molecule has 6 heteroatoms. The lowest BCUT2D eigenvalue weighted by molar-refractivity contribution is 0.0993. The summed E-state index contributed by atoms with van der Waals surface area (Å²) >= 11 is 1.49.